The van der Waals surface area contributed by atoms with Gasteiger partial charge < -0.3 is 9.47 Å². The lowest BCUT2D eigenvalue weighted by Crippen LogP contribution is -2.14. The first-order chi connectivity index (χ1) is 7.67. The van der Waals surface area contributed by atoms with Crippen molar-refractivity contribution in [1.29, 1.82) is 0 Å². The van der Waals surface area contributed by atoms with E-state index in [4.69, 9.17) is 21.1 Å². The molecule has 0 aliphatic rings. The van der Waals surface area contributed by atoms with E-state index < -0.39 is 0 Å². The van der Waals surface area contributed by atoms with Crippen molar-refractivity contribution in [3.63, 3.8) is 0 Å². The van der Waals surface area contributed by atoms with E-state index in [2.05, 4.69) is 0 Å². The second-order valence-electron chi connectivity index (χ2n) is 3.33. The third kappa shape index (κ3) is 3.74. The molecular formula is C12H15ClO3. The monoisotopic (exact) mass is 242 g/mol. The Morgan fingerprint density at radius 3 is 2.75 bits per heavy atom. The van der Waals surface area contributed by atoms with Crippen molar-refractivity contribution in [2.75, 3.05) is 13.2 Å². The smallest absolute Gasteiger partial charge is 0.344 e. The zero-order valence-corrected chi connectivity index (χ0v) is 10.2. The van der Waals surface area contributed by atoms with Crippen LogP contribution in [-0.4, -0.2) is 19.2 Å². The number of esters is 1. The quantitative estimate of drug-likeness (QED) is 0.588. The molecule has 4 heteroatoms. The highest BCUT2D eigenvalue weighted by molar-refractivity contribution is 6.17. The molecule has 0 radical (unpaired) electrons. The summed E-state index contributed by atoms with van der Waals surface area (Å²) in [7, 11) is 0. The Morgan fingerprint density at radius 1 is 1.44 bits per heavy atom. The fourth-order valence-corrected chi connectivity index (χ4v) is 1.46. The van der Waals surface area contributed by atoms with Crippen molar-refractivity contribution < 1.29 is 14.3 Å². The maximum absolute atomic E-state index is 11.1. The van der Waals surface area contributed by atoms with Crippen LogP contribution in [0.5, 0.6) is 5.75 Å². The number of aryl methyl sites for hydroxylation is 1. The normalized spacial score (nSPS) is 9.94. The van der Waals surface area contributed by atoms with Gasteiger partial charge in [-0.3, -0.25) is 0 Å². The largest absolute Gasteiger partial charge is 0.482 e. The number of carbonyl (C=O) groups excluding carboxylic acids is 1. The molecule has 0 saturated carbocycles. The lowest BCUT2D eigenvalue weighted by Gasteiger charge is -2.09. The van der Waals surface area contributed by atoms with Crippen LogP contribution >= 0.6 is 11.6 Å². The number of rotatable bonds is 5. The number of benzene rings is 1. The van der Waals surface area contributed by atoms with Crippen LogP contribution in [0.2, 0.25) is 0 Å². The molecule has 0 aliphatic carbocycles. The molecule has 0 fully saturated rings. The average molecular weight is 243 g/mol. The Balaban J connectivity index is 2.57. The van der Waals surface area contributed by atoms with Gasteiger partial charge in [0.05, 0.1) is 6.61 Å². The Kier molecular flexibility index (Phi) is 5.12. The zero-order valence-electron chi connectivity index (χ0n) is 9.46. The number of carbonyl (C=O) groups is 1. The van der Waals surface area contributed by atoms with Gasteiger partial charge in [0, 0.05) is 5.88 Å². The average Bonchev–Trinajstić information content (AvgIpc) is 2.27. The summed E-state index contributed by atoms with van der Waals surface area (Å²) in [5, 5.41) is 0. The molecule has 1 rings (SSSR count). The molecule has 0 heterocycles. The minimum Gasteiger partial charge on any atom is -0.482 e. The molecule has 88 valence electrons. The highest BCUT2D eigenvalue weighted by Gasteiger charge is 2.05. The Labute approximate surface area is 100 Å². The van der Waals surface area contributed by atoms with Crippen LogP contribution in [0.25, 0.3) is 0 Å². The Bertz CT molecular complexity index is 363. The molecule has 1 aromatic carbocycles. The maximum Gasteiger partial charge on any atom is 0.344 e. The Hall–Kier alpha value is -1.22. The van der Waals surface area contributed by atoms with Gasteiger partial charge in [-0.25, -0.2) is 4.79 Å². The summed E-state index contributed by atoms with van der Waals surface area (Å²) in [5.41, 5.74) is 1.99. The molecule has 16 heavy (non-hydrogen) atoms. The number of halogens is 1. The minimum atomic E-state index is -0.358. The molecule has 0 N–H and O–H groups in total. The van der Waals surface area contributed by atoms with Crippen molar-refractivity contribution in [1.82, 2.24) is 0 Å². The van der Waals surface area contributed by atoms with Gasteiger partial charge in [-0.1, -0.05) is 12.1 Å². The van der Waals surface area contributed by atoms with Crippen LogP contribution < -0.4 is 4.74 Å². The van der Waals surface area contributed by atoms with E-state index in [1.165, 1.54) is 0 Å². The lowest BCUT2D eigenvalue weighted by atomic mass is 10.1. The molecule has 0 bridgehead atoms. The molecule has 0 amide bonds. The summed E-state index contributed by atoms with van der Waals surface area (Å²) in [6.45, 7) is 3.98. The van der Waals surface area contributed by atoms with Gasteiger partial charge in [0.1, 0.15) is 5.75 Å². The van der Waals surface area contributed by atoms with Gasteiger partial charge in [0.25, 0.3) is 0 Å². The first-order valence-electron chi connectivity index (χ1n) is 5.11. The summed E-state index contributed by atoms with van der Waals surface area (Å²) in [6, 6.07) is 5.63. The third-order valence-electron chi connectivity index (χ3n) is 2.04. The molecule has 3 nitrogen and oxygen atoms in total. The predicted octanol–water partition coefficient (Wildman–Crippen LogP) is 2.68. The second-order valence-corrected chi connectivity index (χ2v) is 3.59. The molecule has 0 aliphatic heterocycles. The number of ether oxygens (including phenoxy) is 2. The summed E-state index contributed by atoms with van der Waals surface area (Å²) >= 11 is 5.71. The highest BCUT2D eigenvalue weighted by Crippen LogP contribution is 2.19. The van der Waals surface area contributed by atoms with E-state index in [0.717, 1.165) is 11.1 Å². The van der Waals surface area contributed by atoms with Crippen LogP contribution in [0.3, 0.4) is 0 Å². The van der Waals surface area contributed by atoms with Gasteiger partial charge >= 0.3 is 5.97 Å². The Morgan fingerprint density at radius 2 is 2.19 bits per heavy atom. The van der Waals surface area contributed by atoms with Gasteiger partial charge in [-0.15, -0.1) is 11.6 Å². The SMILES string of the molecule is CCOC(=O)COc1ccc(CCl)cc1C. The molecule has 0 spiro atoms. The van der Waals surface area contributed by atoms with Crippen molar-refractivity contribution in [3.8, 4) is 5.75 Å². The van der Waals surface area contributed by atoms with Crippen molar-refractivity contribution >= 4 is 17.6 Å². The van der Waals surface area contributed by atoms with E-state index in [1.54, 1.807) is 6.92 Å². The fraction of sp³-hybridized carbons (Fsp3) is 0.417. The van der Waals surface area contributed by atoms with Gasteiger partial charge in [-0.05, 0) is 31.0 Å². The molecular weight excluding hydrogens is 228 g/mol. The molecule has 0 unspecified atom stereocenters. The number of alkyl halides is 1. The summed E-state index contributed by atoms with van der Waals surface area (Å²) in [6.07, 6.45) is 0. The fourth-order valence-electron chi connectivity index (χ4n) is 1.30. The second kappa shape index (κ2) is 6.38. The van der Waals surface area contributed by atoms with E-state index >= 15 is 0 Å². The standard InChI is InChI=1S/C12H15ClO3/c1-3-15-12(14)8-16-11-5-4-10(7-13)6-9(11)2/h4-6H,3,7-8H2,1-2H3. The number of hydrogen-bond acceptors (Lipinski definition) is 3. The van der Waals surface area contributed by atoms with Crippen LogP contribution in [0.15, 0.2) is 18.2 Å². The maximum atomic E-state index is 11.1. The lowest BCUT2D eigenvalue weighted by molar-refractivity contribution is -0.145. The van der Waals surface area contributed by atoms with Crippen LogP contribution in [-0.2, 0) is 15.4 Å². The molecule has 0 atom stereocenters. The van der Waals surface area contributed by atoms with E-state index in [0.29, 0.717) is 18.2 Å². The van der Waals surface area contributed by atoms with Gasteiger partial charge in [-0.2, -0.15) is 0 Å². The van der Waals surface area contributed by atoms with Crippen LogP contribution in [0.4, 0.5) is 0 Å². The van der Waals surface area contributed by atoms with E-state index in [9.17, 15) is 4.79 Å². The van der Waals surface area contributed by atoms with Crippen LogP contribution in [0.1, 0.15) is 18.1 Å². The summed E-state index contributed by atoms with van der Waals surface area (Å²) in [4.78, 5) is 11.1. The summed E-state index contributed by atoms with van der Waals surface area (Å²) < 4.78 is 10.1. The topological polar surface area (TPSA) is 35.5 Å². The van der Waals surface area contributed by atoms with Gasteiger partial charge in [0.15, 0.2) is 6.61 Å². The first kappa shape index (κ1) is 12.8. The zero-order chi connectivity index (χ0) is 12.0. The van der Waals surface area contributed by atoms with Crippen molar-refractivity contribution in [2.45, 2.75) is 19.7 Å². The van der Waals surface area contributed by atoms with Crippen LogP contribution in [0, 0.1) is 6.92 Å². The van der Waals surface area contributed by atoms with Crippen molar-refractivity contribution in [2.24, 2.45) is 0 Å². The third-order valence-corrected chi connectivity index (χ3v) is 2.35. The molecule has 0 aromatic heterocycles. The van der Waals surface area contributed by atoms with Crippen molar-refractivity contribution in [3.05, 3.63) is 29.3 Å². The van der Waals surface area contributed by atoms with Gasteiger partial charge in [0.2, 0.25) is 0 Å². The summed E-state index contributed by atoms with van der Waals surface area (Å²) in [5.74, 6) is 0.796. The predicted molar refractivity (Wildman–Crippen MR) is 62.9 cm³/mol. The molecule has 1 aromatic rings. The first-order valence-corrected chi connectivity index (χ1v) is 5.64. The molecule has 0 saturated heterocycles. The number of hydrogen-bond donors (Lipinski definition) is 0. The minimum absolute atomic E-state index is 0.0606. The van der Waals surface area contributed by atoms with E-state index in [1.807, 2.05) is 25.1 Å². The van der Waals surface area contributed by atoms with E-state index in [-0.39, 0.29) is 12.6 Å². The highest BCUT2D eigenvalue weighted by atomic mass is 35.5.